The Morgan fingerprint density at radius 1 is 1.43 bits per heavy atom. The Kier molecular flexibility index (Phi) is 4.59. The molecule has 2 aromatic rings. The van der Waals surface area contributed by atoms with Crippen molar-refractivity contribution in [1.82, 2.24) is 9.29 Å². The molecule has 6 nitrogen and oxygen atoms in total. The number of hydrogen-bond acceptors (Lipinski definition) is 5. The highest BCUT2D eigenvalue weighted by molar-refractivity contribution is 7.89. The van der Waals surface area contributed by atoms with Crippen molar-refractivity contribution in [3.05, 3.63) is 27.9 Å². The molecule has 1 saturated heterocycles. The zero-order valence-corrected chi connectivity index (χ0v) is 14.7. The van der Waals surface area contributed by atoms with Gasteiger partial charge in [-0.05, 0) is 44.9 Å². The van der Waals surface area contributed by atoms with Crippen LogP contribution in [0.15, 0.2) is 27.9 Å². The van der Waals surface area contributed by atoms with Crippen molar-refractivity contribution in [2.24, 2.45) is 0 Å². The summed E-state index contributed by atoms with van der Waals surface area (Å²) >= 11 is 1.07. The zero-order chi connectivity index (χ0) is 16.6. The number of ether oxygens (including phenoxy) is 1. The first kappa shape index (κ1) is 16.6. The van der Waals surface area contributed by atoms with Crippen LogP contribution in [-0.2, 0) is 14.8 Å². The summed E-state index contributed by atoms with van der Waals surface area (Å²) in [5, 5.41) is 0. The van der Waals surface area contributed by atoms with Gasteiger partial charge in [-0.2, -0.15) is 0 Å². The van der Waals surface area contributed by atoms with E-state index in [1.54, 1.807) is 22.8 Å². The molecule has 0 saturated carbocycles. The Bertz CT molecular complexity index is 861. The molecule has 1 fully saturated rings. The lowest BCUT2D eigenvalue weighted by molar-refractivity contribution is 0.114. The maximum absolute atomic E-state index is 12.4. The fraction of sp³-hybridized carbons (Fsp3) is 0.533. The molecule has 23 heavy (non-hydrogen) atoms. The molecule has 0 bridgehead atoms. The number of nitrogens with one attached hydrogen (secondary N) is 1. The molecule has 0 aliphatic carbocycles. The van der Waals surface area contributed by atoms with Gasteiger partial charge in [-0.25, -0.2) is 13.1 Å². The molecule has 1 N–H and O–H groups in total. The number of fused-ring (bicyclic) bond motifs is 1. The van der Waals surface area contributed by atoms with Gasteiger partial charge in [0, 0.05) is 19.2 Å². The molecule has 1 aliphatic rings. The standard InChI is InChI=1S/C15H20N2O4S2/c1-10(2)17-13-6-5-12(8-14(13)22-15(17)18)23(19,20)16-9-11-4-3-7-21-11/h5-6,8,10-11,16H,3-4,7,9H2,1-2H3/t11-/m1/s1. The third-order valence-electron chi connectivity index (χ3n) is 3.94. The van der Waals surface area contributed by atoms with Crippen LogP contribution in [0.25, 0.3) is 10.2 Å². The summed E-state index contributed by atoms with van der Waals surface area (Å²) < 4.78 is 35.2. The summed E-state index contributed by atoms with van der Waals surface area (Å²) in [7, 11) is -3.60. The van der Waals surface area contributed by atoms with Crippen LogP contribution in [0.5, 0.6) is 0 Å². The van der Waals surface area contributed by atoms with Crippen LogP contribution in [0.4, 0.5) is 0 Å². The number of thiazole rings is 1. The highest BCUT2D eigenvalue weighted by Gasteiger charge is 2.21. The van der Waals surface area contributed by atoms with E-state index in [0.717, 1.165) is 29.7 Å². The van der Waals surface area contributed by atoms with Gasteiger partial charge in [-0.1, -0.05) is 11.3 Å². The summed E-state index contributed by atoms with van der Waals surface area (Å²) in [4.78, 5) is 12.1. The zero-order valence-electron chi connectivity index (χ0n) is 13.1. The number of rotatable bonds is 5. The van der Waals surface area contributed by atoms with Crippen molar-refractivity contribution in [2.45, 2.75) is 43.7 Å². The quantitative estimate of drug-likeness (QED) is 0.890. The minimum absolute atomic E-state index is 0.0383. The molecule has 126 valence electrons. The molecule has 1 aliphatic heterocycles. The van der Waals surface area contributed by atoms with Crippen LogP contribution >= 0.6 is 11.3 Å². The van der Waals surface area contributed by atoms with E-state index in [-0.39, 0.29) is 28.5 Å². The Balaban J connectivity index is 1.88. The first-order valence-electron chi connectivity index (χ1n) is 7.65. The van der Waals surface area contributed by atoms with Crippen molar-refractivity contribution in [3.8, 4) is 0 Å². The fourth-order valence-corrected chi connectivity index (χ4v) is 4.98. The van der Waals surface area contributed by atoms with Crippen molar-refractivity contribution >= 4 is 31.6 Å². The van der Waals surface area contributed by atoms with E-state index in [2.05, 4.69) is 4.72 Å². The fourth-order valence-electron chi connectivity index (χ4n) is 2.76. The minimum atomic E-state index is -3.60. The number of hydrogen-bond donors (Lipinski definition) is 1. The topological polar surface area (TPSA) is 77.4 Å². The summed E-state index contributed by atoms with van der Waals surface area (Å²) in [6.07, 6.45) is 1.79. The van der Waals surface area contributed by atoms with E-state index < -0.39 is 10.0 Å². The Morgan fingerprint density at radius 2 is 2.22 bits per heavy atom. The third-order valence-corrected chi connectivity index (χ3v) is 6.28. The van der Waals surface area contributed by atoms with E-state index >= 15 is 0 Å². The predicted octanol–water partition coefficient (Wildman–Crippen LogP) is 2.10. The smallest absolute Gasteiger partial charge is 0.308 e. The highest BCUT2D eigenvalue weighted by atomic mass is 32.2. The van der Waals surface area contributed by atoms with E-state index in [4.69, 9.17) is 4.74 Å². The molecule has 3 rings (SSSR count). The van der Waals surface area contributed by atoms with Crippen LogP contribution < -0.4 is 9.60 Å². The van der Waals surface area contributed by atoms with Crippen LogP contribution in [0, 0.1) is 0 Å². The molecular weight excluding hydrogens is 336 g/mol. The summed E-state index contributed by atoms with van der Waals surface area (Å²) in [5.41, 5.74) is 0.771. The number of benzene rings is 1. The largest absolute Gasteiger partial charge is 0.377 e. The van der Waals surface area contributed by atoms with E-state index in [1.165, 1.54) is 0 Å². The molecule has 2 heterocycles. The maximum Gasteiger partial charge on any atom is 0.308 e. The predicted molar refractivity (Wildman–Crippen MR) is 90.6 cm³/mol. The first-order chi connectivity index (χ1) is 10.9. The summed E-state index contributed by atoms with van der Waals surface area (Å²) in [6, 6.07) is 4.85. The lowest BCUT2D eigenvalue weighted by atomic mass is 10.2. The van der Waals surface area contributed by atoms with Crippen molar-refractivity contribution in [1.29, 1.82) is 0 Å². The SMILES string of the molecule is CC(C)n1c(=O)sc2cc(S(=O)(=O)NC[C@H]3CCCO3)ccc21. The van der Waals surface area contributed by atoms with Crippen molar-refractivity contribution < 1.29 is 13.2 Å². The third kappa shape index (κ3) is 3.35. The normalized spacial score (nSPS) is 19.0. The first-order valence-corrected chi connectivity index (χ1v) is 9.95. The second-order valence-corrected chi connectivity index (χ2v) is 8.71. The summed E-state index contributed by atoms with van der Waals surface area (Å²) in [6.45, 7) is 4.83. The van der Waals surface area contributed by atoms with E-state index in [1.807, 2.05) is 13.8 Å². The van der Waals surface area contributed by atoms with Crippen molar-refractivity contribution in [2.75, 3.05) is 13.2 Å². The second kappa shape index (κ2) is 6.35. The molecule has 1 aromatic carbocycles. The monoisotopic (exact) mass is 356 g/mol. The van der Waals surface area contributed by atoms with Gasteiger partial charge in [0.05, 0.1) is 21.2 Å². The molecule has 0 radical (unpaired) electrons. The van der Waals surface area contributed by atoms with Gasteiger partial charge in [0.25, 0.3) is 0 Å². The van der Waals surface area contributed by atoms with Crippen LogP contribution in [0.1, 0.15) is 32.7 Å². The molecule has 0 amide bonds. The van der Waals surface area contributed by atoms with Gasteiger partial charge >= 0.3 is 4.87 Å². The van der Waals surface area contributed by atoms with E-state index in [0.29, 0.717) is 11.3 Å². The average Bonchev–Trinajstić information content (AvgIpc) is 3.10. The number of sulfonamides is 1. The van der Waals surface area contributed by atoms with Crippen LogP contribution in [0.3, 0.4) is 0 Å². The molecule has 8 heteroatoms. The van der Waals surface area contributed by atoms with Crippen LogP contribution in [0.2, 0.25) is 0 Å². The molecule has 1 aromatic heterocycles. The second-order valence-electron chi connectivity index (χ2n) is 5.95. The Morgan fingerprint density at radius 3 is 2.87 bits per heavy atom. The van der Waals surface area contributed by atoms with E-state index in [9.17, 15) is 13.2 Å². The van der Waals surface area contributed by atoms with Gasteiger partial charge in [0.15, 0.2) is 0 Å². The van der Waals surface area contributed by atoms with Gasteiger partial charge in [0.2, 0.25) is 10.0 Å². The van der Waals surface area contributed by atoms with Gasteiger partial charge < -0.3 is 4.74 Å². The van der Waals surface area contributed by atoms with Gasteiger partial charge in [-0.3, -0.25) is 9.36 Å². The minimum Gasteiger partial charge on any atom is -0.377 e. The molecule has 0 unspecified atom stereocenters. The Labute approximate surface area is 139 Å². The van der Waals surface area contributed by atoms with Gasteiger partial charge in [0.1, 0.15) is 0 Å². The number of aromatic nitrogens is 1. The Hall–Kier alpha value is -1.22. The molecule has 1 atom stereocenters. The average molecular weight is 356 g/mol. The van der Waals surface area contributed by atoms with Gasteiger partial charge in [-0.15, -0.1) is 0 Å². The lowest BCUT2D eigenvalue weighted by Crippen LogP contribution is -2.31. The number of nitrogens with zero attached hydrogens (tertiary/aromatic N) is 1. The van der Waals surface area contributed by atoms with Crippen molar-refractivity contribution in [3.63, 3.8) is 0 Å². The molecule has 0 spiro atoms. The lowest BCUT2D eigenvalue weighted by Gasteiger charge is -2.12. The highest BCUT2D eigenvalue weighted by Crippen LogP contribution is 2.24. The molecular formula is C15H20N2O4S2. The van der Waals surface area contributed by atoms with Crippen LogP contribution in [-0.4, -0.2) is 32.2 Å². The summed E-state index contributed by atoms with van der Waals surface area (Å²) in [5.74, 6) is 0. The maximum atomic E-state index is 12.4.